The van der Waals surface area contributed by atoms with Gasteiger partial charge in [-0.05, 0) is 25.3 Å². The maximum atomic E-state index is 4.35. The van der Waals surface area contributed by atoms with Gasteiger partial charge in [0.25, 0.3) is 0 Å². The molecule has 74 valence electrons. The molecule has 0 saturated heterocycles. The van der Waals surface area contributed by atoms with Crippen LogP contribution in [0.4, 0.5) is 5.82 Å². The predicted molar refractivity (Wildman–Crippen MR) is 61.0 cm³/mol. The molecule has 2 aromatic rings. The normalized spacial score (nSPS) is 10.7. The fourth-order valence-electron chi connectivity index (χ4n) is 1.52. The molecule has 0 bridgehead atoms. The molecule has 0 spiro atoms. The SMILES string of the molecule is CCN(CC)c1ncnc2ccsc12. The Morgan fingerprint density at radius 2 is 2.07 bits per heavy atom. The number of anilines is 1. The van der Waals surface area contributed by atoms with E-state index in [-0.39, 0.29) is 0 Å². The summed E-state index contributed by atoms with van der Waals surface area (Å²) < 4.78 is 1.19. The second kappa shape index (κ2) is 3.92. The summed E-state index contributed by atoms with van der Waals surface area (Å²) in [5.74, 6) is 1.06. The molecule has 0 aliphatic heterocycles. The Balaban J connectivity index is 2.54. The highest BCUT2D eigenvalue weighted by Gasteiger charge is 2.09. The minimum atomic E-state index is 0.987. The van der Waals surface area contributed by atoms with Crippen LogP contribution < -0.4 is 4.90 Å². The summed E-state index contributed by atoms with van der Waals surface area (Å²) in [6.45, 7) is 6.26. The fraction of sp³-hybridized carbons (Fsp3) is 0.400. The number of hydrogen-bond donors (Lipinski definition) is 0. The minimum absolute atomic E-state index is 0.987. The van der Waals surface area contributed by atoms with Crippen molar-refractivity contribution < 1.29 is 0 Å². The molecule has 0 amide bonds. The largest absolute Gasteiger partial charge is 0.356 e. The van der Waals surface area contributed by atoms with E-state index in [1.165, 1.54) is 4.70 Å². The monoisotopic (exact) mass is 207 g/mol. The molecule has 0 aliphatic carbocycles. The van der Waals surface area contributed by atoms with Gasteiger partial charge in [-0.2, -0.15) is 0 Å². The van der Waals surface area contributed by atoms with Crippen LogP contribution in [-0.4, -0.2) is 23.1 Å². The topological polar surface area (TPSA) is 29.0 Å². The van der Waals surface area contributed by atoms with Crippen LogP contribution in [0.3, 0.4) is 0 Å². The molecule has 0 N–H and O–H groups in total. The van der Waals surface area contributed by atoms with Crippen molar-refractivity contribution in [1.29, 1.82) is 0 Å². The molecule has 0 aromatic carbocycles. The number of rotatable bonds is 3. The van der Waals surface area contributed by atoms with Crippen molar-refractivity contribution in [2.45, 2.75) is 13.8 Å². The molecule has 2 heterocycles. The molecule has 0 radical (unpaired) electrons. The molecule has 0 fully saturated rings. The van der Waals surface area contributed by atoms with E-state index < -0.39 is 0 Å². The maximum absolute atomic E-state index is 4.35. The van der Waals surface area contributed by atoms with E-state index in [0.717, 1.165) is 24.4 Å². The van der Waals surface area contributed by atoms with Crippen molar-refractivity contribution in [2.75, 3.05) is 18.0 Å². The first-order valence-electron chi connectivity index (χ1n) is 4.80. The van der Waals surface area contributed by atoms with Crippen LogP contribution in [0.25, 0.3) is 10.2 Å². The summed E-state index contributed by atoms with van der Waals surface area (Å²) in [5, 5.41) is 2.06. The molecule has 3 nitrogen and oxygen atoms in total. The van der Waals surface area contributed by atoms with Crippen molar-refractivity contribution >= 4 is 27.4 Å². The van der Waals surface area contributed by atoms with Crippen LogP contribution in [-0.2, 0) is 0 Å². The molecule has 2 rings (SSSR count). The second-order valence-electron chi connectivity index (χ2n) is 3.00. The number of hydrogen-bond acceptors (Lipinski definition) is 4. The van der Waals surface area contributed by atoms with E-state index in [1.807, 2.05) is 6.07 Å². The number of aromatic nitrogens is 2. The number of thiophene rings is 1. The smallest absolute Gasteiger partial charge is 0.150 e. The van der Waals surface area contributed by atoms with E-state index in [2.05, 4.69) is 34.1 Å². The van der Waals surface area contributed by atoms with Gasteiger partial charge in [-0.1, -0.05) is 0 Å². The molecule has 2 aromatic heterocycles. The predicted octanol–water partition coefficient (Wildman–Crippen LogP) is 2.54. The summed E-state index contributed by atoms with van der Waals surface area (Å²) in [7, 11) is 0. The second-order valence-corrected chi connectivity index (χ2v) is 3.92. The Morgan fingerprint density at radius 3 is 2.79 bits per heavy atom. The van der Waals surface area contributed by atoms with Gasteiger partial charge in [0, 0.05) is 13.1 Å². The van der Waals surface area contributed by atoms with Gasteiger partial charge in [0.05, 0.1) is 10.2 Å². The van der Waals surface area contributed by atoms with Gasteiger partial charge in [-0.3, -0.25) is 0 Å². The third-order valence-corrected chi connectivity index (χ3v) is 3.19. The average Bonchev–Trinajstić information content (AvgIpc) is 2.68. The zero-order chi connectivity index (χ0) is 9.97. The number of nitrogens with zero attached hydrogens (tertiary/aromatic N) is 3. The molecule has 0 saturated carbocycles. The summed E-state index contributed by atoms with van der Waals surface area (Å²) >= 11 is 1.71. The summed E-state index contributed by atoms with van der Waals surface area (Å²) in [6, 6.07) is 2.04. The standard InChI is InChI=1S/C10H13N3S/c1-3-13(4-2)10-9-8(5-6-14-9)11-7-12-10/h5-7H,3-4H2,1-2H3. The van der Waals surface area contributed by atoms with Crippen LogP contribution in [0.1, 0.15) is 13.8 Å². The Morgan fingerprint density at radius 1 is 1.29 bits per heavy atom. The fourth-order valence-corrected chi connectivity index (χ4v) is 2.39. The first kappa shape index (κ1) is 9.40. The zero-order valence-electron chi connectivity index (χ0n) is 8.40. The highest BCUT2D eigenvalue weighted by molar-refractivity contribution is 7.17. The molecule has 0 unspecified atom stereocenters. The Labute approximate surface area is 87.4 Å². The van der Waals surface area contributed by atoms with Crippen molar-refractivity contribution in [3.05, 3.63) is 17.8 Å². The first-order valence-corrected chi connectivity index (χ1v) is 5.68. The molecule has 4 heteroatoms. The minimum Gasteiger partial charge on any atom is -0.356 e. The lowest BCUT2D eigenvalue weighted by Gasteiger charge is -2.19. The van der Waals surface area contributed by atoms with E-state index in [1.54, 1.807) is 17.7 Å². The van der Waals surface area contributed by atoms with E-state index in [4.69, 9.17) is 0 Å². The molecule has 14 heavy (non-hydrogen) atoms. The van der Waals surface area contributed by atoms with E-state index >= 15 is 0 Å². The third kappa shape index (κ3) is 1.46. The van der Waals surface area contributed by atoms with Crippen LogP contribution in [0.5, 0.6) is 0 Å². The van der Waals surface area contributed by atoms with Gasteiger partial charge >= 0.3 is 0 Å². The molecule has 0 aliphatic rings. The van der Waals surface area contributed by atoms with E-state index in [9.17, 15) is 0 Å². The van der Waals surface area contributed by atoms with E-state index in [0.29, 0.717) is 0 Å². The zero-order valence-corrected chi connectivity index (χ0v) is 9.21. The molecule has 0 atom stereocenters. The van der Waals surface area contributed by atoms with Gasteiger partial charge < -0.3 is 4.90 Å². The van der Waals surface area contributed by atoms with Crippen LogP contribution in [0.2, 0.25) is 0 Å². The van der Waals surface area contributed by atoms with Crippen LogP contribution >= 0.6 is 11.3 Å². The average molecular weight is 207 g/mol. The van der Waals surface area contributed by atoms with Crippen molar-refractivity contribution in [3.8, 4) is 0 Å². The lowest BCUT2D eigenvalue weighted by atomic mass is 10.4. The maximum Gasteiger partial charge on any atom is 0.150 e. The van der Waals surface area contributed by atoms with Crippen LogP contribution in [0.15, 0.2) is 17.8 Å². The summed E-state index contributed by atoms with van der Waals surface area (Å²) in [6.07, 6.45) is 1.64. The van der Waals surface area contributed by atoms with Gasteiger partial charge in [-0.25, -0.2) is 9.97 Å². The highest BCUT2D eigenvalue weighted by Crippen LogP contribution is 2.27. The number of fused-ring (bicyclic) bond motifs is 1. The summed E-state index contributed by atoms with van der Waals surface area (Å²) in [5.41, 5.74) is 1.05. The molecular formula is C10H13N3S. The Kier molecular flexibility index (Phi) is 2.63. The van der Waals surface area contributed by atoms with Gasteiger partial charge in [0.2, 0.25) is 0 Å². The van der Waals surface area contributed by atoms with Crippen molar-refractivity contribution in [3.63, 3.8) is 0 Å². The van der Waals surface area contributed by atoms with Gasteiger partial charge in [0.15, 0.2) is 0 Å². The molecular weight excluding hydrogens is 194 g/mol. The highest BCUT2D eigenvalue weighted by atomic mass is 32.1. The third-order valence-electron chi connectivity index (χ3n) is 2.29. The Hall–Kier alpha value is -1.16. The summed E-state index contributed by atoms with van der Waals surface area (Å²) in [4.78, 5) is 10.8. The van der Waals surface area contributed by atoms with Gasteiger partial charge in [0.1, 0.15) is 12.1 Å². The van der Waals surface area contributed by atoms with Crippen molar-refractivity contribution in [1.82, 2.24) is 9.97 Å². The van der Waals surface area contributed by atoms with Crippen LogP contribution in [0, 0.1) is 0 Å². The van der Waals surface area contributed by atoms with Crippen molar-refractivity contribution in [2.24, 2.45) is 0 Å². The lowest BCUT2D eigenvalue weighted by Crippen LogP contribution is -2.22. The Bertz CT molecular complexity index is 420. The quantitative estimate of drug-likeness (QED) is 0.774. The van der Waals surface area contributed by atoms with Gasteiger partial charge in [-0.15, -0.1) is 11.3 Å². The lowest BCUT2D eigenvalue weighted by molar-refractivity contribution is 0.850. The first-order chi connectivity index (χ1) is 6.86.